The van der Waals surface area contributed by atoms with Crippen LogP contribution in [0.4, 0.5) is 0 Å². The fourth-order valence-corrected chi connectivity index (χ4v) is 2.08. The van der Waals surface area contributed by atoms with Crippen LogP contribution in [-0.4, -0.2) is 74.7 Å². The topological polar surface area (TPSA) is 44.8 Å². The highest BCUT2D eigenvalue weighted by atomic mass is 16.5. The van der Waals surface area contributed by atoms with E-state index in [1.807, 2.05) is 13.8 Å². The van der Waals surface area contributed by atoms with Crippen LogP contribution in [0, 0.1) is 5.92 Å². The van der Waals surface area contributed by atoms with Crippen LogP contribution in [0.3, 0.4) is 0 Å². The Labute approximate surface area is 117 Å². The maximum atomic E-state index is 11.3. The van der Waals surface area contributed by atoms with Gasteiger partial charge in [0.15, 0.2) is 0 Å². The number of hydrogen-bond donors (Lipinski definition) is 1. The van der Waals surface area contributed by atoms with Crippen LogP contribution in [0.5, 0.6) is 0 Å². The summed E-state index contributed by atoms with van der Waals surface area (Å²) in [5, 5.41) is 2.85. The van der Waals surface area contributed by atoms with Crippen LogP contribution in [0.15, 0.2) is 0 Å². The lowest BCUT2D eigenvalue weighted by Crippen LogP contribution is -2.47. The van der Waals surface area contributed by atoms with Crippen LogP contribution in [0.1, 0.15) is 20.8 Å². The Morgan fingerprint density at radius 3 is 2.37 bits per heavy atom. The number of hydrogen-bond acceptors (Lipinski definition) is 4. The molecule has 0 aromatic heterocycles. The first kappa shape index (κ1) is 16.4. The Bertz CT molecular complexity index is 251. The molecule has 1 fully saturated rings. The summed E-state index contributed by atoms with van der Waals surface area (Å²) >= 11 is 0. The van der Waals surface area contributed by atoms with Crippen LogP contribution in [-0.2, 0) is 9.53 Å². The summed E-state index contributed by atoms with van der Waals surface area (Å²) in [5.74, 6) is 0.147. The molecule has 0 unspecified atom stereocenters. The van der Waals surface area contributed by atoms with E-state index in [0.717, 1.165) is 32.8 Å². The van der Waals surface area contributed by atoms with Crippen molar-refractivity contribution in [3.8, 4) is 0 Å². The highest BCUT2D eigenvalue weighted by Gasteiger charge is 2.14. The summed E-state index contributed by atoms with van der Waals surface area (Å²) in [6.07, 6.45) is 0. The second-order valence-electron chi connectivity index (χ2n) is 5.33. The average Bonchev–Trinajstić information content (AvgIpc) is 2.42. The van der Waals surface area contributed by atoms with Crippen LogP contribution in [0.25, 0.3) is 0 Å². The Morgan fingerprint density at radius 2 is 1.79 bits per heavy atom. The van der Waals surface area contributed by atoms with Crippen molar-refractivity contribution in [2.24, 2.45) is 5.92 Å². The number of nitrogens with zero attached hydrogens (tertiary/aromatic N) is 2. The molecule has 19 heavy (non-hydrogen) atoms. The van der Waals surface area contributed by atoms with E-state index in [1.54, 1.807) is 0 Å². The van der Waals surface area contributed by atoms with E-state index < -0.39 is 0 Å². The second-order valence-corrected chi connectivity index (χ2v) is 5.33. The molecule has 112 valence electrons. The monoisotopic (exact) mass is 271 g/mol. The van der Waals surface area contributed by atoms with Crippen molar-refractivity contribution in [3.05, 3.63) is 0 Å². The number of likely N-dealkylation sites (N-methyl/N-ethyl adjacent to an activating group) is 1. The molecule has 1 aliphatic rings. The highest BCUT2D eigenvalue weighted by molar-refractivity contribution is 5.77. The summed E-state index contributed by atoms with van der Waals surface area (Å²) in [4.78, 5) is 16.2. The molecule has 0 aromatic rings. The van der Waals surface area contributed by atoms with Crippen LogP contribution >= 0.6 is 0 Å². The summed E-state index contributed by atoms with van der Waals surface area (Å²) in [7, 11) is 0. The minimum absolute atomic E-state index is 0.0508. The quantitative estimate of drug-likeness (QED) is 0.650. The van der Waals surface area contributed by atoms with Gasteiger partial charge >= 0.3 is 0 Å². The fraction of sp³-hybridized carbons (Fsp3) is 0.929. The summed E-state index contributed by atoms with van der Waals surface area (Å²) in [6, 6.07) is 0. The molecule has 0 atom stereocenters. The van der Waals surface area contributed by atoms with E-state index in [0.29, 0.717) is 13.2 Å². The predicted octanol–water partition coefficient (Wildman–Crippen LogP) is 0.413. The summed E-state index contributed by atoms with van der Waals surface area (Å²) < 4.78 is 5.55. The Kier molecular flexibility index (Phi) is 8.02. The van der Waals surface area contributed by atoms with Crippen molar-refractivity contribution < 1.29 is 9.53 Å². The van der Waals surface area contributed by atoms with E-state index in [-0.39, 0.29) is 11.8 Å². The van der Waals surface area contributed by atoms with Gasteiger partial charge in [-0.15, -0.1) is 0 Å². The normalized spacial score (nSPS) is 17.9. The molecule has 0 radical (unpaired) electrons. The van der Waals surface area contributed by atoms with Gasteiger partial charge in [0, 0.05) is 45.2 Å². The van der Waals surface area contributed by atoms with Gasteiger partial charge in [-0.1, -0.05) is 20.8 Å². The van der Waals surface area contributed by atoms with E-state index in [4.69, 9.17) is 4.74 Å². The van der Waals surface area contributed by atoms with Crippen molar-refractivity contribution in [1.82, 2.24) is 15.1 Å². The number of carbonyl (C=O) groups excluding carboxylic acids is 1. The molecule has 0 spiro atoms. The van der Waals surface area contributed by atoms with E-state index in [9.17, 15) is 4.79 Å². The third-order valence-electron chi connectivity index (χ3n) is 3.53. The van der Waals surface area contributed by atoms with E-state index in [2.05, 4.69) is 22.0 Å². The third kappa shape index (κ3) is 6.89. The van der Waals surface area contributed by atoms with Gasteiger partial charge in [-0.25, -0.2) is 0 Å². The maximum absolute atomic E-state index is 11.3. The van der Waals surface area contributed by atoms with Crippen molar-refractivity contribution in [3.63, 3.8) is 0 Å². The fourth-order valence-electron chi connectivity index (χ4n) is 2.08. The summed E-state index contributed by atoms with van der Waals surface area (Å²) in [6.45, 7) is 14.7. The molecular formula is C14H29N3O2. The van der Waals surface area contributed by atoms with Crippen molar-refractivity contribution >= 4 is 5.91 Å². The number of carbonyl (C=O) groups is 1. The minimum Gasteiger partial charge on any atom is -0.378 e. The van der Waals surface area contributed by atoms with Gasteiger partial charge in [-0.05, 0) is 6.54 Å². The summed E-state index contributed by atoms with van der Waals surface area (Å²) in [5.41, 5.74) is 0. The molecular weight excluding hydrogens is 242 g/mol. The number of piperazine rings is 1. The van der Waals surface area contributed by atoms with Crippen molar-refractivity contribution in [1.29, 1.82) is 0 Å². The predicted molar refractivity (Wildman–Crippen MR) is 77.2 cm³/mol. The molecule has 1 heterocycles. The first-order valence-electron chi connectivity index (χ1n) is 7.43. The van der Waals surface area contributed by atoms with Crippen molar-refractivity contribution in [2.45, 2.75) is 20.8 Å². The molecule has 0 aliphatic carbocycles. The third-order valence-corrected chi connectivity index (χ3v) is 3.53. The number of nitrogens with one attached hydrogen (secondary N) is 1. The first-order chi connectivity index (χ1) is 9.13. The average molecular weight is 271 g/mol. The standard InChI is InChI=1S/C14H29N3O2/c1-4-16-6-8-17(9-7-16)10-12-19-11-5-15-14(18)13(2)3/h13H,4-12H2,1-3H3,(H,15,18). The zero-order chi connectivity index (χ0) is 14.1. The lowest BCUT2D eigenvalue weighted by Gasteiger charge is -2.33. The smallest absolute Gasteiger partial charge is 0.222 e. The zero-order valence-corrected chi connectivity index (χ0v) is 12.7. The van der Waals surface area contributed by atoms with E-state index >= 15 is 0 Å². The lowest BCUT2D eigenvalue weighted by molar-refractivity contribution is -0.124. The number of rotatable bonds is 8. The molecule has 1 amide bonds. The zero-order valence-electron chi connectivity index (χ0n) is 12.7. The minimum atomic E-state index is 0.0508. The Morgan fingerprint density at radius 1 is 1.16 bits per heavy atom. The maximum Gasteiger partial charge on any atom is 0.222 e. The van der Waals surface area contributed by atoms with Gasteiger partial charge in [-0.2, -0.15) is 0 Å². The number of ether oxygens (including phenoxy) is 1. The molecule has 5 nitrogen and oxygen atoms in total. The van der Waals surface area contributed by atoms with E-state index in [1.165, 1.54) is 13.1 Å². The Hall–Kier alpha value is -0.650. The molecule has 1 rings (SSSR count). The molecule has 1 saturated heterocycles. The highest BCUT2D eigenvalue weighted by Crippen LogP contribution is 2.00. The second kappa shape index (κ2) is 9.28. The van der Waals surface area contributed by atoms with Crippen molar-refractivity contribution in [2.75, 3.05) is 59.0 Å². The largest absolute Gasteiger partial charge is 0.378 e. The SMILES string of the molecule is CCN1CCN(CCOCCNC(=O)C(C)C)CC1. The molecule has 1 N–H and O–H groups in total. The van der Waals surface area contributed by atoms with Crippen LogP contribution < -0.4 is 5.32 Å². The molecule has 1 aliphatic heterocycles. The number of amides is 1. The molecule has 0 saturated carbocycles. The van der Waals surface area contributed by atoms with Crippen LogP contribution in [0.2, 0.25) is 0 Å². The van der Waals surface area contributed by atoms with Gasteiger partial charge in [0.05, 0.1) is 13.2 Å². The lowest BCUT2D eigenvalue weighted by atomic mass is 10.2. The van der Waals surface area contributed by atoms with Gasteiger partial charge in [0.25, 0.3) is 0 Å². The molecule has 5 heteroatoms. The van der Waals surface area contributed by atoms with Gasteiger partial charge < -0.3 is 15.0 Å². The molecule has 0 aromatic carbocycles. The van der Waals surface area contributed by atoms with Gasteiger partial charge in [0.1, 0.15) is 0 Å². The van der Waals surface area contributed by atoms with Gasteiger partial charge in [-0.3, -0.25) is 9.69 Å². The van der Waals surface area contributed by atoms with Gasteiger partial charge in [0.2, 0.25) is 5.91 Å². The Balaban J connectivity index is 1.93. The first-order valence-corrected chi connectivity index (χ1v) is 7.43. The molecule has 0 bridgehead atoms.